The number of hydrogen-bond acceptors (Lipinski definition) is 3. The molecule has 0 atom stereocenters. The van der Waals surface area contributed by atoms with Crippen molar-refractivity contribution in [2.24, 2.45) is 0 Å². The van der Waals surface area contributed by atoms with Gasteiger partial charge in [0.1, 0.15) is 0 Å². The zero-order valence-electron chi connectivity index (χ0n) is 18.2. The predicted molar refractivity (Wildman–Crippen MR) is 112 cm³/mol. The van der Waals surface area contributed by atoms with Gasteiger partial charge in [0.25, 0.3) is 5.91 Å². The maximum atomic E-state index is 13.1. The molecule has 1 aliphatic carbocycles. The average Bonchev–Trinajstić information content (AvgIpc) is 3.44. The van der Waals surface area contributed by atoms with E-state index in [1.165, 1.54) is 12.1 Å². The van der Waals surface area contributed by atoms with Crippen LogP contribution in [0.3, 0.4) is 0 Å². The third-order valence-electron chi connectivity index (χ3n) is 5.93. The number of piperazine rings is 1. The van der Waals surface area contributed by atoms with Gasteiger partial charge in [-0.1, -0.05) is 12.1 Å². The molecule has 1 aromatic heterocycles. The normalized spacial score (nSPS) is 18.5. The lowest BCUT2D eigenvalue weighted by Crippen LogP contribution is -2.48. The average molecular weight is 435 g/mol. The molecule has 2 aliphatic rings. The minimum atomic E-state index is -4.32. The van der Waals surface area contributed by atoms with E-state index in [1.807, 2.05) is 15.6 Å². The lowest BCUT2D eigenvalue weighted by Gasteiger charge is -2.34. The molecule has 2 heterocycles. The Kier molecular flexibility index (Phi) is 5.62. The molecule has 1 amide bonds. The fourth-order valence-corrected chi connectivity index (χ4v) is 4.04. The highest BCUT2D eigenvalue weighted by molar-refractivity contribution is 5.92. The number of amides is 1. The van der Waals surface area contributed by atoms with E-state index in [0.717, 1.165) is 36.2 Å². The topological polar surface area (TPSA) is 41.4 Å². The van der Waals surface area contributed by atoms with Crippen molar-refractivity contribution >= 4 is 5.91 Å². The molecule has 1 saturated carbocycles. The fraction of sp³-hybridized carbons (Fsp3) is 0.565. The molecular weight excluding hydrogens is 405 g/mol. The molecule has 31 heavy (non-hydrogen) atoms. The van der Waals surface area contributed by atoms with Gasteiger partial charge >= 0.3 is 6.18 Å². The number of nitrogens with zero attached hydrogens (tertiary/aromatic N) is 4. The number of carbonyl (C=O) groups excluding carboxylic acids is 1. The van der Waals surface area contributed by atoms with Crippen LogP contribution in [0.1, 0.15) is 66.8 Å². The highest BCUT2D eigenvalue weighted by atomic mass is 19.4. The summed E-state index contributed by atoms with van der Waals surface area (Å²) in [5.74, 6) is 0.466. The Balaban J connectivity index is 1.36. The van der Waals surface area contributed by atoms with Gasteiger partial charge in [-0.2, -0.15) is 18.3 Å². The molecule has 1 aliphatic heterocycles. The molecule has 0 radical (unpaired) electrons. The van der Waals surface area contributed by atoms with Crippen molar-refractivity contribution in [1.29, 1.82) is 0 Å². The Bertz CT molecular complexity index is 931. The molecule has 5 nitrogen and oxygen atoms in total. The number of rotatable bonds is 4. The van der Waals surface area contributed by atoms with Crippen LogP contribution in [0.2, 0.25) is 0 Å². The van der Waals surface area contributed by atoms with Crippen LogP contribution in [0.5, 0.6) is 0 Å². The Labute approximate surface area is 180 Å². The third-order valence-corrected chi connectivity index (χ3v) is 5.93. The molecule has 0 unspecified atom stereocenters. The number of hydrogen-bond donors (Lipinski definition) is 0. The molecule has 0 spiro atoms. The molecular formula is C23H29F3N4O. The van der Waals surface area contributed by atoms with Gasteiger partial charge in [0, 0.05) is 44.3 Å². The van der Waals surface area contributed by atoms with Gasteiger partial charge in [-0.05, 0) is 57.4 Å². The summed E-state index contributed by atoms with van der Waals surface area (Å²) in [6, 6.07) is 7.26. The molecule has 1 saturated heterocycles. The van der Waals surface area contributed by atoms with Gasteiger partial charge in [0.15, 0.2) is 5.69 Å². The van der Waals surface area contributed by atoms with Crippen LogP contribution >= 0.6 is 0 Å². The van der Waals surface area contributed by atoms with E-state index in [0.29, 0.717) is 44.3 Å². The zero-order chi connectivity index (χ0) is 22.4. The van der Waals surface area contributed by atoms with E-state index < -0.39 is 11.7 Å². The molecule has 0 bridgehead atoms. The van der Waals surface area contributed by atoms with Gasteiger partial charge < -0.3 is 4.90 Å². The van der Waals surface area contributed by atoms with Crippen molar-refractivity contribution in [3.8, 4) is 0 Å². The maximum absolute atomic E-state index is 13.1. The first kappa shape index (κ1) is 21.9. The van der Waals surface area contributed by atoms with Gasteiger partial charge in [-0.25, -0.2) is 0 Å². The minimum Gasteiger partial charge on any atom is -0.335 e. The largest absolute Gasteiger partial charge is 0.416 e. The lowest BCUT2D eigenvalue weighted by molar-refractivity contribution is -0.137. The third kappa shape index (κ3) is 4.95. The summed E-state index contributed by atoms with van der Waals surface area (Å²) in [6.45, 7) is 9.40. The summed E-state index contributed by atoms with van der Waals surface area (Å²) in [4.78, 5) is 17.0. The van der Waals surface area contributed by atoms with Crippen LogP contribution < -0.4 is 0 Å². The van der Waals surface area contributed by atoms with E-state index in [9.17, 15) is 18.0 Å². The van der Waals surface area contributed by atoms with Crippen LogP contribution in [0.4, 0.5) is 13.2 Å². The number of aromatic nitrogens is 2. The highest BCUT2D eigenvalue weighted by Crippen LogP contribution is 2.41. The Hall–Kier alpha value is -2.35. The summed E-state index contributed by atoms with van der Waals surface area (Å²) in [6.07, 6.45) is -2.01. The monoisotopic (exact) mass is 434 g/mol. The van der Waals surface area contributed by atoms with Crippen molar-refractivity contribution in [1.82, 2.24) is 19.6 Å². The first-order valence-corrected chi connectivity index (χ1v) is 10.8. The van der Waals surface area contributed by atoms with E-state index in [1.54, 1.807) is 0 Å². The number of carbonyl (C=O) groups is 1. The molecule has 168 valence electrons. The highest BCUT2D eigenvalue weighted by Gasteiger charge is 2.34. The Morgan fingerprint density at radius 3 is 2.16 bits per heavy atom. The van der Waals surface area contributed by atoms with E-state index in [-0.39, 0.29) is 11.4 Å². The SMILES string of the molecule is CC(C)(C)n1nc(C(=O)N2CCN(Cc3ccc(C(F)(F)F)cc3)CC2)cc1C1CC1. The van der Waals surface area contributed by atoms with Crippen molar-refractivity contribution in [2.45, 2.75) is 57.8 Å². The van der Waals surface area contributed by atoms with Gasteiger partial charge in [0.05, 0.1) is 11.1 Å². The molecule has 2 aromatic rings. The van der Waals surface area contributed by atoms with Crippen molar-refractivity contribution in [3.63, 3.8) is 0 Å². The smallest absolute Gasteiger partial charge is 0.335 e. The fourth-order valence-electron chi connectivity index (χ4n) is 4.04. The first-order valence-electron chi connectivity index (χ1n) is 10.8. The Morgan fingerprint density at radius 1 is 1.03 bits per heavy atom. The summed E-state index contributed by atoms with van der Waals surface area (Å²) in [5.41, 5.74) is 1.69. The van der Waals surface area contributed by atoms with Crippen molar-refractivity contribution in [2.75, 3.05) is 26.2 Å². The summed E-state index contributed by atoms with van der Waals surface area (Å²) in [7, 11) is 0. The van der Waals surface area contributed by atoms with Crippen LogP contribution in [-0.2, 0) is 18.3 Å². The lowest BCUT2D eigenvalue weighted by atomic mass is 10.1. The second kappa shape index (κ2) is 7.97. The standard InChI is InChI=1S/C23H29F3N4O/c1-22(2,3)30-20(17-6-7-17)14-19(27-30)21(31)29-12-10-28(11-13-29)15-16-4-8-18(9-5-16)23(24,25)26/h4-5,8-9,14,17H,6-7,10-13,15H2,1-3H3. The second-order valence-corrected chi connectivity index (χ2v) is 9.57. The number of alkyl halides is 3. The van der Waals surface area contributed by atoms with Gasteiger partial charge in [-0.3, -0.25) is 14.4 Å². The van der Waals surface area contributed by atoms with E-state index in [4.69, 9.17) is 0 Å². The van der Waals surface area contributed by atoms with Crippen molar-refractivity contribution < 1.29 is 18.0 Å². The number of halogens is 3. The van der Waals surface area contributed by atoms with Crippen LogP contribution in [0, 0.1) is 0 Å². The summed E-state index contributed by atoms with van der Waals surface area (Å²) in [5, 5.41) is 4.65. The van der Waals surface area contributed by atoms with E-state index >= 15 is 0 Å². The van der Waals surface area contributed by atoms with Crippen molar-refractivity contribution in [3.05, 3.63) is 52.8 Å². The molecule has 8 heteroatoms. The predicted octanol–water partition coefficient (Wildman–Crippen LogP) is 4.49. The van der Waals surface area contributed by atoms with Gasteiger partial charge in [0.2, 0.25) is 0 Å². The molecule has 0 N–H and O–H groups in total. The first-order chi connectivity index (χ1) is 14.5. The van der Waals surface area contributed by atoms with Crippen LogP contribution in [-0.4, -0.2) is 51.7 Å². The quantitative estimate of drug-likeness (QED) is 0.712. The summed E-state index contributed by atoms with van der Waals surface area (Å²) >= 11 is 0. The minimum absolute atomic E-state index is 0.0425. The zero-order valence-corrected chi connectivity index (χ0v) is 18.2. The molecule has 2 fully saturated rings. The van der Waals surface area contributed by atoms with E-state index in [2.05, 4.69) is 30.8 Å². The number of benzene rings is 1. The summed E-state index contributed by atoms with van der Waals surface area (Å²) < 4.78 is 40.2. The molecule has 4 rings (SSSR count). The van der Waals surface area contributed by atoms with Crippen LogP contribution in [0.15, 0.2) is 30.3 Å². The second-order valence-electron chi connectivity index (χ2n) is 9.57. The van der Waals surface area contributed by atoms with Crippen LogP contribution in [0.25, 0.3) is 0 Å². The molecule has 1 aromatic carbocycles. The maximum Gasteiger partial charge on any atom is 0.416 e. The van der Waals surface area contributed by atoms with Gasteiger partial charge in [-0.15, -0.1) is 0 Å². The Morgan fingerprint density at radius 2 is 1.65 bits per heavy atom.